The van der Waals surface area contributed by atoms with Crippen LogP contribution >= 0.6 is 0 Å². The molecule has 8 heteroatoms. The molecule has 0 fully saturated rings. The zero-order valence-electron chi connectivity index (χ0n) is 11.8. The van der Waals surface area contributed by atoms with E-state index < -0.39 is 23.6 Å². The fraction of sp³-hybridized carbons (Fsp3) is 0.286. The molecule has 1 heterocycles. The Morgan fingerprint density at radius 1 is 1.32 bits per heavy atom. The number of esters is 1. The molecule has 0 aliphatic carbocycles. The van der Waals surface area contributed by atoms with Crippen LogP contribution in [-0.4, -0.2) is 24.6 Å². The van der Waals surface area contributed by atoms with Crippen molar-refractivity contribution < 1.29 is 27.1 Å². The van der Waals surface area contributed by atoms with Crippen molar-refractivity contribution in [1.29, 1.82) is 0 Å². The Kier molecular flexibility index (Phi) is 4.39. The molecule has 1 aromatic carbocycles. The van der Waals surface area contributed by atoms with Crippen molar-refractivity contribution in [2.45, 2.75) is 13.1 Å². The highest BCUT2D eigenvalue weighted by molar-refractivity contribution is 5.88. The minimum Gasteiger partial charge on any atom is -0.460 e. The predicted molar refractivity (Wildman–Crippen MR) is 72.0 cm³/mol. The second kappa shape index (κ2) is 6.08. The van der Waals surface area contributed by atoms with E-state index in [2.05, 4.69) is 9.72 Å². The number of ether oxygens (including phenoxy) is 1. The lowest BCUT2D eigenvalue weighted by Crippen LogP contribution is -2.14. The lowest BCUT2D eigenvalue weighted by atomic mass is 10.3. The number of anilines is 2. The van der Waals surface area contributed by atoms with Crippen LogP contribution in [0.25, 0.3) is 0 Å². The topological polar surface area (TPSA) is 55.6 Å². The maximum absolute atomic E-state index is 13.0. The Bertz CT molecular complexity index is 653. The number of aromatic nitrogens is 1. The summed E-state index contributed by atoms with van der Waals surface area (Å²) in [4.78, 5) is 16.3. The summed E-state index contributed by atoms with van der Waals surface area (Å²) in [6, 6.07) is 8.18. The number of carbonyl (C=O) groups excluding carboxylic acids is 1. The van der Waals surface area contributed by atoms with Crippen molar-refractivity contribution in [2.24, 2.45) is 0 Å². The predicted octanol–water partition coefficient (Wildman–Crippen LogP) is 3.64. The molecule has 0 aliphatic heterocycles. The van der Waals surface area contributed by atoms with E-state index in [0.29, 0.717) is 5.69 Å². The number of hydrogen-bond donors (Lipinski definition) is 0. The van der Waals surface area contributed by atoms with Gasteiger partial charge in [-0.05, 0) is 19.1 Å². The molecule has 2 aromatic rings. The molecule has 0 radical (unpaired) electrons. The summed E-state index contributed by atoms with van der Waals surface area (Å²) in [5.74, 6) is -2.15. The molecule has 118 valence electrons. The maximum atomic E-state index is 13.0. The van der Waals surface area contributed by atoms with E-state index in [-0.39, 0.29) is 12.6 Å². The fourth-order valence-corrected chi connectivity index (χ4v) is 1.74. The van der Waals surface area contributed by atoms with Crippen LogP contribution in [0.3, 0.4) is 0 Å². The molecule has 2 rings (SSSR count). The third-order valence-electron chi connectivity index (χ3n) is 2.78. The molecule has 1 aromatic heterocycles. The number of oxazole rings is 1. The molecule has 0 bridgehead atoms. The Morgan fingerprint density at radius 3 is 2.50 bits per heavy atom. The summed E-state index contributed by atoms with van der Waals surface area (Å²) < 4.78 is 48.5. The summed E-state index contributed by atoms with van der Waals surface area (Å²) in [5, 5.41) is 0. The molecule has 0 atom stereocenters. The SMILES string of the molecule is CCOC(=O)c1oc(N(C)c2ccccc2)nc1C(F)(F)F. The van der Waals surface area contributed by atoms with Crippen LogP contribution in [0.1, 0.15) is 23.2 Å². The van der Waals surface area contributed by atoms with Gasteiger partial charge in [0, 0.05) is 12.7 Å². The lowest BCUT2D eigenvalue weighted by Gasteiger charge is -2.13. The van der Waals surface area contributed by atoms with Gasteiger partial charge in [0.2, 0.25) is 5.76 Å². The first-order chi connectivity index (χ1) is 10.3. The fourth-order valence-electron chi connectivity index (χ4n) is 1.74. The monoisotopic (exact) mass is 314 g/mol. The summed E-state index contributed by atoms with van der Waals surface area (Å²) >= 11 is 0. The van der Waals surface area contributed by atoms with Gasteiger partial charge in [0.15, 0.2) is 5.69 Å². The normalized spacial score (nSPS) is 11.3. The Balaban J connectivity index is 2.44. The first-order valence-electron chi connectivity index (χ1n) is 6.38. The lowest BCUT2D eigenvalue weighted by molar-refractivity contribution is -0.141. The van der Waals surface area contributed by atoms with Gasteiger partial charge in [0.25, 0.3) is 0 Å². The van der Waals surface area contributed by atoms with Crippen LogP contribution < -0.4 is 4.90 Å². The number of nitrogens with zero attached hydrogens (tertiary/aromatic N) is 2. The average molecular weight is 314 g/mol. The summed E-state index contributed by atoms with van der Waals surface area (Å²) in [6.45, 7) is 1.42. The molecule has 5 nitrogen and oxygen atoms in total. The van der Waals surface area contributed by atoms with Crippen LogP contribution in [0.15, 0.2) is 34.7 Å². The van der Waals surface area contributed by atoms with E-state index in [0.717, 1.165) is 0 Å². The minimum atomic E-state index is -4.82. The number of hydrogen-bond acceptors (Lipinski definition) is 5. The third-order valence-corrected chi connectivity index (χ3v) is 2.78. The van der Waals surface area contributed by atoms with Gasteiger partial charge >= 0.3 is 18.2 Å². The van der Waals surface area contributed by atoms with E-state index in [1.807, 2.05) is 0 Å². The Labute approximate surface area is 124 Å². The van der Waals surface area contributed by atoms with Gasteiger partial charge in [0.1, 0.15) is 0 Å². The molecule has 0 amide bonds. The van der Waals surface area contributed by atoms with Gasteiger partial charge in [-0.15, -0.1) is 0 Å². The van der Waals surface area contributed by atoms with E-state index in [4.69, 9.17) is 4.42 Å². The minimum absolute atomic E-state index is 0.0688. The first kappa shape index (κ1) is 15.9. The Morgan fingerprint density at radius 2 is 1.95 bits per heavy atom. The van der Waals surface area contributed by atoms with Crippen LogP contribution in [0.5, 0.6) is 0 Å². The van der Waals surface area contributed by atoms with Crippen LogP contribution in [0.4, 0.5) is 24.9 Å². The van der Waals surface area contributed by atoms with Crippen molar-refractivity contribution >= 4 is 17.7 Å². The standard InChI is InChI=1S/C14H13F3N2O3/c1-3-21-12(20)10-11(14(15,16)17)18-13(22-10)19(2)9-7-5-4-6-8-9/h4-8H,3H2,1-2H3. The third kappa shape index (κ3) is 3.21. The molecule has 0 aliphatic rings. The highest BCUT2D eigenvalue weighted by Crippen LogP contribution is 2.35. The molecule has 0 spiro atoms. The zero-order valence-corrected chi connectivity index (χ0v) is 11.8. The van der Waals surface area contributed by atoms with Crippen molar-refractivity contribution in [2.75, 3.05) is 18.6 Å². The number of alkyl halides is 3. The molecule has 22 heavy (non-hydrogen) atoms. The van der Waals surface area contributed by atoms with Crippen molar-refractivity contribution in [3.63, 3.8) is 0 Å². The molecule has 0 saturated carbocycles. The van der Waals surface area contributed by atoms with Crippen molar-refractivity contribution in [1.82, 2.24) is 4.98 Å². The Hall–Kier alpha value is -2.51. The highest BCUT2D eigenvalue weighted by atomic mass is 19.4. The van der Waals surface area contributed by atoms with E-state index in [1.54, 1.807) is 30.3 Å². The molecular weight excluding hydrogens is 301 g/mol. The second-order valence-corrected chi connectivity index (χ2v) is 4.29. The quantitative estimate of drug-likeness (QED) is 0.807. The van der Waals surface area contributed by atoms with E-state index >= 15 is 0 Å². The van der Waals surface area contributed by atoms with Gasteiger partial charge in [0.05, 0.1) is 6.61 Å². The van der Waals surface area contributed by atoms with Gasteiger partial charge in [-0.3, -0.25) is 4.90 Å². The zero-order chi connectivity index (χ0) is 16.3. The number of para-hydroxylation sites is 1. The van der Waals surface area contributed by atoms with Crippen molar-refractivity contribution in [3.05, 3.63) is 41.8 Å². The van der Waals surface area contributed by atoms with Gasteiger partial charge in [-0.2, -0.15) is 18.2 Å². The second-order valence-electron chi connectivity index (χ2n) is 4.29. The van der Waals surface area contributed by atoms with Crippen LogP contribution in [-0.2, 0) is 10.9 Å². The van der Waals surface area contributed by atoms with Crippen molar-refractivity contribution in [3.8, 4) is 0 Å². The molecular formula is C14H13F3N2O3. The number of benzene rings is 1. The maximum Gasteiger partial charge on any atom is 0.437 e. The van der Waals surface area contributed by atoms with Gasteiger partial charge in [-0.25, -0.2) is 4.79 Å². The van der Waals surface area contributed by atoms with Crippen LogP contribution in [0, 0.1) is 0 Å². The number of carbonyl (C=O) groups is 1. The van der Waals surface area contributed by atoms with E-state index in [1.165, 1.54) is 18.9 Å². The summed E-state index contributed by atoms with van der Waals surface area (Å²) in [6.07, 6.45) is -4.82. The van der Waals surface area contributed by atoms with Gasteiger partial charge in [-0.1, -0.05) is 18.2 Å². The molecule has 0 unspecified atom stereocenters. The van der Waals surface area contributed by atoms with E-state index in [9.17, 15) is 18.0 Å². The van der Waals surface area contributed by atoms with Crippen LogP contribution in [0.2, 0.25) is 0 Å². The summed E-state index contributed by atoms with van der Waals surface area (Å²) in [5.41, 5.74) is -0.836. The smallest absolute Gasteiger partial charge is 0.437 e. The first-order valence-corrected chi connectivity index (χ1v) is 6.38. The average Bonchev–Trinajstić information content (AvgIpc) is 2.93. The molecule has 0 N–H and O–H groups in total. The van der Waals surface area contributed by atoms with Gasteiger partial charge < -0.3 is 9.15 Å². The number of halogens is 3. The number of rotatable bonds is 4. The largest absolute Gasteiger partial charge is 0.460 e. The molecule has 0 saturated heterocycles. The highest BCUT2D eigenvalue weighted by Gasteiger charge is 2.42. The summed E-state index contributed by atoms with van der Waals surface area (Å²) in [7, 11) is 1.48.